The highest BCUT2D eigenvalue weighted by atomic mass is 16.2. The molecular weight excluding hydrogens is 306 g/mol. The summed E-state index contributed by atoms with van der Waals surface area (Å²) in [5.41, 5.74) is 0.396. The molecule has 0 fully saturated rings. The highest BCUT2D eigenvalue weighted by Gasteiger charge is 2.23. The van der Waals surface area contributed by atoms with Gasteiger partial charge in [0, 0.05) is 11.5 Å². The molecule has 0 aliphatic rings. The van der Waals surface area contributed by atoms with E-state index in [1.807, 2.05) is 27.7 Å². The fourth-order valence-corrected chi connectivity index (χ4v) is 2.05. The second-order valence-electron chi connectivity index (χ2n) is 6.74. The van der Waals surface area contributed by atoms with Gasteiger partial charge in [0.1, 0.15) is 12.7 Å². The summed E-state index contributed by atoms with van der Waals surface area (Å²) in [6, 6.07) is 6.83. The fraction of sp³-hybridized carbons (Fsp3) is 0.412. The number of benzene rings is 1. The average molecular weight is 329 g/mol. The van der Waals surface area contributed by atoms with Gasteiger partial charge in [-0.25, -0.2) is 4.98 Å². The first-order valence-electron chi connectivity index (χ1n) is 7.81. The van der Waals surface area contributed by atoms with E-state index in [1.54, 1.807) is 35.3 Å². The van der Waals surface area contributed by atoms with Crippen molar-refractivity contribution >= 4 is 17.5 Å². The van der Waals surface area contributed by atoms with Crippen molar-refractivity contribution in [3.63, 3.8) is 0 Å². The van der Waals surface area contributed by atoms with Crippen molar-refractivity contribution in [1.82, 2.24) is 20.1 Å². The minimum atomic E-state index is -0.538. The van der Waals surface area contributed by atoms with Crippen LogP contribution in [0, 0.1) is 5.41 Å². The lowest BCUT2D eigenvalue weighted by molar-refractivity contribution is -0.123. The van der Waals surface area contributed by atoms with Crippen LogP contribution in [0.15, 0.2) is 36.9 Å². The van der Waals surface area contributed by atoms with Gasteiger partial charge in [-0.15, -0.1) is 0 Å². The van der Waals surface area contributed by atoms with Gasteiger partial charge in [0.15, 0.2) is 0 Å². The Labute approximate surface area is 141 Å². The van der Waals surface area contributed by atoms with Crippen LogP contribution in [-0.4, -0.2) is 32.6 Å². The number of hydrogen-bond acceptors (Lipinski definition) is 4. The second-order valence-corrected chi connectivity index (χ2v) is 6.74. The summed E-state index contributed by atoms with van der Waals surface area (Å²) in [6.45, 7) is 7.87. The van der Waals surface area contributed by atoms with Crippen LogP contribution >= 0.6 is 0 Å². The molecule has 128 valence electrons. The molecule has 0 bridgehead atoms. The topological polar surface area (TPSA) is 88.9 Å². The van der Waals surface area contributed by atoms with Crippen molar-refractivity contribution in [2.24, 2.45) is 5.41 Å². The number of nitrogens with zero attached hydrogens (tertiary/aromatic N) is 3. The molecule has 0 spiro atoms. The monoisotopic (exact) mass is 329 g/mol. The van der Waals surface area contributed by atoms with Crippen molar-refractivity contribution in [2.75, 3.05) is 5.32 Å². The molecule has 1 aromatic carbocycles. The van der Waals surface area contributed by atoms with E-state index in [0.29, 0.717) is 17.8 Å². The summed E-state index contributed by atoms with van der Waals surface area (Å²) in [4.78, 5) is 28.6. The zero-order valence-electron chi connectivity index (χ0n) is 14.4. The number of rotatable bonds is 5. The second kappa shape index (κ2) is 7.25. The molecule has 7 nitrogen and oxygen atoms in total. The smallest absolute Gasteiger partial charge is 0.253 e. The summed E-state index contributed by atoms with van der Waals surface area (Å²) < 4.78 is 1.65. The Kier molecular flexibility index (Phi) is 5.33. The van der Waals surface area contributed by atoms with Gasteiger partial charge in [-0.2, -0.15) is 5.10 Å². The number of carbonyl (C=O) groups is 2. The molecule has 1 heterocycles. The van der Waals surface area contributed by atoms with E-state index in [1.165, 1.54) is 6.33 Å². The van der Waals surface area contributed by atoms with Gasteiger partial charge in [0.05, 0.1) is 17.8 Å². The third-order valence-corrected chi connectivity index (χ3v) is 3.41. The molecule has 0 saturated heterocycles. The molecule has 1 aromatic heterocycles. The highest BCUT2D eigenvalue weighted by Crippen LogP contribution is 2.20. The van der Waals surface area contributed by atoms with Crippen LogP contribution in [0.3, 0.4) is 0 Å². The number of amides is 2. The zero-order chi connectivity index (χ0) is 17.7. The number of hydrogen-bond donors (Lipinski definition) is 2. The maximum Gasteiger partial charge on any atom is 0.253 e. The lowest BCUT2D eigenvalue weighted by Crippen LogP contribution is -2.36. The Balaban J connectivity index is 2.07. The van der Waals surface area contributed by atoms with Crippen molar-refractivity contribution < 1.29 is 9.59 Å². The minimum Gasteiger partial charge on any atom is -0.348 e. The summed E-state index contributed by atoms with van der Waals surface area (Å²) in [5.74, 6) is -0.383. The van der Waals surface area contributed by atoms with Crippen LogP contribution in [0.4, 0.5) is 5.69 Å². The first-order chi connectivity index (χ1) is 11.3. The molecule has 2 rings (SSSR count). The maximum absolute atomic E-state index is 12.5. The molecule has 2 aromatic rings. The van der Waals surface area contributed by atoms with E-state index < -0.39 is 5.41 Å². The zero-order valence-corrected chi connectivity index (χ0v) is 14.4. The van der Waals surface area contributed by atoms with Crippen LogP contribution in [-0.2, 0) is 11.3 Å². The lowest BCUT2D eigenvalue weighted by Gasteiger charge is -2.20. The Morgan fingerprint density at radius 3 is 2.58 bits per heavy atom. The highest BCUT2D eigenvalue weighted by molar-refractivity contribution is 6.04. The van der Waals surface area contributed by atoms with Gasteiger partial charge < -0.3 is 10.6 Å². The SMILES string of the molecule is C[C@H](Cn1cncn1)NC(=O)c1ccccc1NC(=O)C(C)(C)C. The number of anilines is 1. The maximum atomic E-state index is 12.5. The van der Waals surface area contributed by atoms with Crippen LogP contribution in [0.2, 0.25) is 0 Å². The molecule has 7 heteroatoms. The summed E-state index contributed by atoms with van der Waals surface area (Å²) >= 11 is 0. The Morgan fingerprint density at radius 1 is 1.25 bits per heavy atom. The predicted octanol–water partition coefficient (Wildman–Crippen LogP) is 2.08. The van der Waals surface area contributed by atoms with Gasteiger partial charge in [0.2, 0.25) is 5.91 Å². The quantitative estimate of drug-likeness (QED) is 0.879. The average Bonchev–Trinajstić information content (AvgIpc) is 2.99. The Hall–Kier alpha value is -2.70. The van der Waals surface area contributed by atoms with Crippen LogP contribution < -0.4 is 10.6 Å². The molecule has 1 atom stereocenters. The third kappa shape index (κ3) is 4.65. The molecule has 2 amide bonds. The van der Waals surface area contributed by atoms with Crippen molar-refractivity contribution in [3.8, 4) is 0 Å². The third-order valence-electron chi connectivity index (χ3n) is 3.41. The van der Waals surface area contributed by atoms with Crippen LogP contribution in [0.25, 0.3) is 0 Å². The first kappa shape index (κ1) is 17.7. The van der Waals surface area contributed by atoms with E-state index in [0.717, 1.165) is 0 Å². The van der Waals surface area contributed by atoms with E-state index >= 15 is 0 Å². The number of aromatic nitrogens is 3. The Morgan fingerprint density at radius 2 is 1.96 bits per heavy atom. The van der Waals surface area contributed by atoms with Crippen LogP contribution in [0.1, 0.15) is 38.1 Å². The van der Waals surface area contributed by atoms with Gasteiger partial charge in [-0.3, -0.25) is 14.3 Å². The molecule has 24 heavy (non-hydrogen) atoms. The molecule has 0 unspecified atom stereocenters. The molecule has 0 radical (unpaired) electrons. The standard InChI is InChI=1S/C17H23N5O2/c1-12(9-22-11-18-10-19-22)20-15(23)13-7-5-6-8-14(13)21-16(24)17(2,3)4/h5-8,10-12H,9H2,1-4H3,(H,20,23)(H,21,24)/t12-/m1/s1. The largest absolute Gasteiger partial charge is 0.348 e. The normalized spacial score (nSPS) is 12.5. The molecule has 0 aliphatic carbocycles. The van der Waals surface area contributed by atoms with Gasteiger partial charge in [-0.05, 0) is 19.1 Å². The summed E-state index contributed by atoms with van der Waals surface area (Å²) in [5, 5.41) is 9.75. The van der Waals surface area contributed by atoms with Crippen molar-refractivity contribution in [3.05, 3.63) is 42.5 Å². The minimum absolute atomic E-state index is 0.134. The molecule has 2 N–H and O–H groups in total. The number of carbonyl (C=O) groups excluding carboxylic acids is 2. The van der Waals surface area contributed by atoms with Gasteiger partial charge in [0.25, 0.3) is 5.91 Å². The summed E-state index contributed by atoms with van der Waals surface area (Å²) in [6.07, 6.45) is 3.05. The van der Waals surface area contributed by atoms with E-state index in [9.17, 15) is 9.59 Å². The predicted molar refractivity (Wildman–Crippen MR) is 91.5 cm³/mol. The van der Waals surface area contributed by atoms with Gasteiger partial charge in [-0.1, -0.05) is 32.9 Å². The molecular formula is C17H23N5O2. The number of nitrogens with one attached hydrogen (secondary N) is 2. The van der Waals surface area contributed by atoms with E-state index in [4.69, 9.17) is 0 Å². The first-order valence-corrected chi connectivity index (χ1v) is 7.81. The molecule has 0 aliphatic heterocycles. The van der Waals surface area contributed by atoms with Crippen molar-refractivity contribution in [2.45, 2.75) is 40.3 Å². The van der Waals surface area contributed by atoms with E-state index in [-0.39, 0.29) is 17.9 Å². The fourth-order valence-electron chi connectivity index (χ4n) is 2.05. The molecule has 0 saturated carbocycles. The van der Waals surface area contributed by atoms with E-state index in [2.05, 4.69) is 20.7 Å². The lowest BCUT2D eigenvalue weighted by atomic mass is 9.95. The summed E-state index contributed by atoms with van der Waals surface area (Å²) in [7, 11) is 0. The number of para-hydroxylation sites is 1. The van der Waals surface area contributed by atoms with Crippen LogP contribution in [0.5, 0.6) is 0 Å². The van der Waals surface area contributed by atoms with Gasteiger partial charge >= 0.3 is 0 Å². The van der Waals surface area contributed by atoms with Crippen molar-refractivity contribution in [1.29, 1.82) is 0 Å². The Bertz CT molecular complexity index is 704.